The number of likely N-dealkylation sites (tertiary alicyclic amines) is 1. The number of aromatic nitrogens is 2. The molecule has 1 aromatic carbocycles. The van der Waals surface area contributed by atoms with Gasteiger partial charge in [0.15, 0.2) is 5.96 Å². The number of fused-ring (bicyclic) bond motifs is 1. The molecule has 6 nitrogen and oxygen atoms in total. The van der Waals surface area contributed by atoms with Crippen molar-refractivity contribution in [2.75, 3.05) is 39.9 Å². The van der Waals surface area contributed by atoms with Crippen LogP contribution in [0.15, 0.2) is 29.3 Å². The number of hydrogen-bond donors (Lipinski definition) is 2. The van der Waals surface area contributed by atoms with Gasteiger partial charge in [-0.05, 0) is 31.4 Å². The zero-order chi connectivity index (χ0) is 16.6. The number of rotatable bonds is 7. The number of benzene rings is 1. The Hall–Kier alpha value is -1.35. The monoisotopic (exact) mass is 457 g/mol. The summed E-state index contributed by atoms with van der Waals surface area (Å²) in [4.78, 5) is 15.1. The number of ether oxygens (including phenoxy) is 1. The molecule has 0 unspecified atom stereocenters. The maximum Gasteiger partial charge on any atom is 0.194 e. The minimum Gasteiger partial charge on any atom is -0.383 e. The van der Waals surface area contributed by atoms with Crippen LogP contribution in [0.25, 0.3) is 11.0 Å². The molecule has 138 valence electrons. The average molecular weight is 457 g/mol. The van der Waals surface area contributed by atoms with Crippen molar-refractivity contribution >= 4 is 41.0 Å². The van der Waals surface area contributed by atoms with E-state index < -0.39 is 0 Å². The van der Waals surface area contributed by atoms with E-state index in [-0.39, 0.29) is 24.0 Å². The van der Waals surface area contributed by atoms with Gasteiger partial charge in [-0.2, -0.15) is 0 Å². The van der Waals surface area contributed by atoms with E-state index in [4.69, 9.17) is 9.73 Å². The summed E-state index contributed by atoms with van der Waals surface area (Å²) < 4.78 is 5.12. The highest BCUT2D eigenvalue weighted by atomic mass is 127. The molecule has 0 atom stereocenters. The SMILES string of the molecule is COCCNC(=NCCCc1nc2ccccc2[nH]1)N1CCCC1.I. The summed E-state index contributed by atoms with van der Waals surface area (Å²) in [6.07, 6.45) is 4.42. The van der Waals surface area contributed by atoms with E-state index in [1.54, 1.807) is 7.11 Å². The molecule has 1 fully saturated rings. The van der Waals surface area contributed by atoms with Crippen molar-refractivity contribution in [3.63, 3.8) is 0 Å². The van der Waals surface area contributed by atoms with Crippen LogP contribution in [-0.2, 0) is 11.2 Å². The van der Waals surface area contributed by atoms with Crippen LogP contribution in [0.5, 0.6) is 0 Å². The van der Waals surface area contributed by atoms with E-state index in [1.807, 2.05) is 18.2 Å². The molecule has 0 amide bonds. The van der Waals surface area contributed by atoms with Crippen LogP contribution in [0.1, 0.15) is 25.1 Å². The first-order valence-electron chi connectivity index (χ1n) is 8.82. The van der Waals surface area contributed by atoms with Crippen LogP contribution >= 0.6 is 24.0 Å². The van der Waals surface area contributed by atoms with Crippen molar-refractivity contribution in [3.05, 3.63) is 30.1 Å². The molecule has 7 heteroatoms. The number of nitrogens with zero attached hydrogens (tertiary/aromatic N) is 3. The van der Waals surface area contributed by atoms with Crippen LogP contribution in [-0.4, -0.2) is 60.7 Å². The molecule has 2 N–H and O–H groups in total. The number of imidazole rings is 1. The van der Waals surface area contributed by atoms with Gasteiger partial charge in [0.2, 0.25) is 0 Å². The van der Waals surface area contributed by atoms with E-state index in [2.05, 4.69) is 26.3 Å². The molecule has 1 aliphatic rings. The summed E-state index contributed by atoms with van der Waals surface area (Å²) in [6, 6.07) is 8.15. The zero-order valence-electron chi connectivity index (χ0n) is 14.8. The van der Waals surface area contributed by atoms with E-state index in [0.717, 1.165) is 61.8 Å². The van der Waals surface area contributed by atoms with E-state index >= 15 is 0 Å². The fourth-order valence-corrected chi connectivity index (χ4v) is 3.02. The van der Waals surface area contributed by atoms with Crippen LogP contribution in [0.2, 0.25) is 0 Å². The van der Waals surface area contributed by atoms with Crippen molar-refractivity contribution in [1.82, 2.24) is 20.2 Å². The fraction of sp³-hybridized carbons (Fsp3) is 0.556. The van der Waals surface area contributed by atoms with Gasteiger partial charge in [-0.1, -0.05) is 12.1 Å². The van der Waals surface area contributed by atoms with Gasteiger partial charge in [0, 0.05) is 39.7 Å². The lowest BCUT2D eigenvalue weighted by Gasteiger charge is -2.21. The topological polar surface area (TPSA) is 65.5 Å². The van der Waals surface area contributed by atoms with Gasteiger partial charge in [-0.15, -0.1) is 24.0 Å². The minimum atomic E-state index is 0. The van der Waals surface area contributed by atoms with Gasteiger partial charge in [0.25, 0.3) is 0 Å². The van der Waals surface area contributed by atoms with Gasteiger partial charge < -0.3 is 19.9 Å². The maximum absolute atomic E-state index is 5.12. The third kappa shape index (κ3) is 5.85. The van der Waals surface area contributed by atoms with Gasteiger partial charge in [-0.3, -0.25) is 4.99 Å². The molecule has 0 aliphatic carbocycles. The largest absolute Gasteiger partial charge is 0.383 e. The molecule has 2 heterocycles. The first kappa shape index (κ1) is 20.0. The smallest absolute Gasteiger partial charge is 0.194 e. The highest BCUT2D eigenvalue weighted by Crippen LogP contribution is 2.11. The Balaban J connectivity index is 0.00000225. The van der Waals surface area contributed by atoms with Crippen LogP contribution < -0.4 is 5.32 Å². The number of nitrogens with one attached hydrogen (secondary N) is 2. The first-order valence-corrected chi connectivity index (χ1v) is 8.82. The van der Waals surface area contributed by atoms with Gasteiger partial charge in [0.1, 0.15) is 5.82 Å². The molecule has 1 saturated heterocycles. The molecule has 1 aliphatic heterocycles. The Bertz CT molecular complexity index is 633. The van der Waals surface area contributed by atoms with Crippen molar-refractivity contribution in [2.24, 2.45) is 4.99 Å². The standard InChI is InChI=1S/C18H27N5O.HI/c1-24-14-11-20-18(23-12-4-5-13-23)19-10-6-9-17-21-15-7-2-3-8-16(15)22-17;/h2-3,7-8H,4-6,9-14H2,1H3,(H,19,20)(H,21,22);1H. The van der Waals surface area contributed by atoms with Crippen LogP contribution in [0.3, 0.4) is 0 Å². The van der Waals surface area contributed by atoms with Gasteiger partial charge in [0.05, 0.1) is 17.6 Å². The van der Waals surface area contributed by atoms with Crippen LogP contribution in [0.4, 0.5) is 0 Å². The van der Waals surface area contributed by atoms with E-state index in [9.17, 15) is 0 Å². The summed E-state index contributed by atoms with van der Waals surface area (Å²) in [5, 5.41) is 3.41. The number of methoxy groups -OCH3 is 1. The zero-order valence-corrected chi connectivity index (χ0v) is 17.2. The Morgan fingerprint density at radius 3 is 2.88 bits per heavy atom. The number of guanidine groups is 1. The molecular weight excluding hydrogens is 429 g/mol. The second-order valence-corrected chi connectivity index (χ2v) is 6.12. The lowest BCUT2D eigenvalue weighted by Crippen LogP contribution is -2.41. The number of para-hydroxylation sites is 2. The molecule has 0 saturated carbocycles. The van der Waals surface area contributed by atoms with Crippen LogP contribution in [0, 0.1) is 0 Å². The molecule has 0 bridgehead atoms. The van der Waals surface area contributed by atoms with Crippen molar-refractivity contribution < 1.29 is 4.74 Å². The summed E-state index contributed by atoms with van der Waals surface area (Å²) in [6.45, 7) is 4.51. The number of H-pyrrole nitrogens is 1. The quantitative estimate of drug-likeness (QED) is 0.291. The number of hydrogen-bond acceptors (Lipinski definition) is 3. The molecule has 25 heavy (non-hydrogen) atoms. The number of aromatic amines is 1. The summed E-state index contributed by atoms with van der Waals surface area (Å²) >= 11 is 0. The van der Waals surface area contributed by atoms with Gasteiger partial charge in [-0.25, -0.2) is 4.98 Å². The summed E-state index contributed by atoms with van der Waals surface area (Å²) in [5.74, 6) is 2.07. The predicted octanol–water partition coefficient (Wildman–Crippen LogP) is 2.80. The van der Waals surface area contributed by atoms with Crippen molar-refractivity contribution in [1.29, 1.82) is 0 Å². The highest BCUT2D eigenvalue weighted by Gasteiger charge is 2.15. The third-order valence-corrected chi connectivity index (χ3v) is 4.27. The molecule has 0 spiro atoms. The average Bonchev–Trinajstić information content (AvgIpc) is 3.26. The summed E-state index contributed by atoms with van der Waals surface area (Å²) in [5.41, 5.74) is 2.14. The molecule has 3 rings (SSSR count). The Morgan fingerprint density at radius 2 is 2.12 bits per heavy atom. The normalized spacial score (nSPS) is 14.8. The predicted molar refractivity (Wildman–Crippen MR) is 113 cm³/mol. The molecule has 1 aromatic heterocycles. The second kappa shape index (κ2) is 10.6. The Kier molecular flexibility index (Phi) is 8.47. The molecule has 2 aromatic rings. The first-order chi connectivity index (χ1) is 11.9. The van der Waals surface area contributed by atoms with Crippen molar-refractivity contribution in [3.8, 4) is 0 Å². The number of aryl methyl sites for hydroxylation is 1. The summed E-state index contributed by atoms with van der Waals surface area (Å²) in [7, 11) is 1.72. The molecule has 0 radical (unpaired) electrons. The highest BCUT2D eigenvalue weighted by molar-refractivity contribution is 14.0. The Morgan fingerprint density at radius 1 is 1.32 bits per heavy atom. The fourth-order valence-electron chi connectivity index (χ4n) is 3.02. The minimum absolute atomic E-state index is 0. The lowest BCUT2D eigenvalue weighted by molar-refractivity contribution is 0.203. The number of halogens is 1. The van der Waals surface area contributed by atoms with E-state index in [1.165, 1.54) is 12.8 Å². The van der Waals surface area contributed by atoms with Crippen molar-refractivity contribution in [2.45, 2.75) is 25.7 Å². The third-order valence-electron chi connectivity index (χ3n) is 4.27. The maximum atomic E-state index is 5.12. The second-order valence-electron chi connectivity index (χ2n) is 6.12. The molecular formula is C18H28IN5O. The Labute approximate surface area is 166 Å². The number of aliphatic imine (C=N–C) groups is 1. The lowest BCUT2D eigenvalue weighted by atomic mass is 10.3. The van der Waals surface area contributed by atoms with Gasteiger partial charge >= 0.3 is 0 Å². The van der Waals surface area contributed by atoms with E-state index in [0.29, 0.717) is 6.61 Å².